The van der Waals surface area contributed by atoms with Crippen LogP contribution in [0.5, 0.6) is 5.75 Å². The third-order valence-electron chi connectivity index (χ3n) is 7.00. The maximum absolute atomic E-state index is 13.2. The highest BCUT2D eigenvalue weighted by molar-refractivity contribution is 5.85. The van der Waals surface area contributed by atoms with Gasteiger partial charge in [0.2, 0.25) is 5.95 Å². The molecule has 4 heterocycles. The van der Waals surface area contributed by atoms with Crippen LogP contribution < -0.4 is 15.0 Å². The number of halogens is 3. The Balaban J connectivity index is 0.000000457. The van der Waals surface area contributed by atoms with Gasteiger partial charge in [0.15, 0.2) is 0 Å². The molecule has 11 heteroatoms. The molecule has 2 fully saturated rings. The number of carbonyl (C=O) groups is 1. The zero-order chi connectivity index (χ0) is 26.1. The lowest BCUT2D eigenvalue weighted by atomic mass is 9.93. The van der Waals surface area contributed by atoms with Crippen LogP contribution in [-0.2, 0) is 16.0 Å². The van der Waals surface area contributed by atoms with Gasteiger partial charge in [-0.3, -0.25) is 9.69 Å². The number of aromatic nitrogens is 2. The summed E-state index contributed by atoms with van der Waals surface area (Å²) in [4.78, 5) is 25.2. The Bertz CT molecular complexity index is 1300. The first kappa shape index (κ1) is 30.6. The Kier molecular flexibility index (Phi) is 10.1. The molecule has 8 nitrogen and oxygen atoms in total. The summed E-state index contributed by atoms with van der Waals surface area (Å²) in [5.74, 6) is 1.32. The molecule has 3 aliphatic heterocycles. The molecule has 2 saturated heterocycles. The van der Waals surface area contributed by atoms with Crippen LogP contribution in [0.4, 0.5) is 21.8 Å². The number of anilines is 3. The Morgan fingerprint density at radius 1 is 1.10 bits per heavy atom. The summed E-state index contributed by atoms with van der Waals surface area (Å²) in [5.41, 5.74) is 5.00. The molecular formula is C28H34Cl2FN5O3. The highest BCUT2D eigenvalue weighted by Crippen LogP contribution is 2.36. The van der Waals surface area contributed by atoms with Crippen LogP contribution in [0.2, 0.25) is 0 Å². The van der Waals surface area contributed by atoms with Gasteiger partial charge in [-0.15, -0.1) is 24.8 Å². The maximum Gasteiger partial charge on any atom is 0.308 e. The second kappa shape index (κ2) is 12.9. The number of benzene rings is 2. The number of hydrogen-bond acceptors (Lipinski definition) is 8. The topological polar surface area (TPSA) is 79.6 Å². The van der Waals surface area contributed by atoms with E-state index < -0.39 is 0 Å². The molecule has 39 heavy (non-hydrogen) atoms. The van der Waals surface area contributed by atoms with Crippen molar-refractivity contribution in [2.24, 2.45) is 0 Å². The third kappa shape index (κ3) is 7.16. The smallest absolute Gasteiger partial charge is 0.308 e. The minimum absolute atomic E-state index is 0. The van der Waals surface area contributed by atoms with Crippen molar-refractivity contribution in [3.05, 3.63) is 70.7 Å². The summed E-state index contributed by atoms with van der Waals surface area (Å²) in [5, 5.41) is 3.17. The summed E-state index contributed by atoms with van der Waals surface area (Å²) in [6, 6.07) is 12.0. The number of nitrogens with one attached hydrogen (secondary N) is 1. The molecule has 1 N–H and O–H groups in total. The average Bonchev–Trinajstić information content (AvgIpc) is 3.47. The first-order valence-corrected chi connectivity index (χ1v) is 12.6. The van der Waals surface area contributed by atoms with Crippen molar-refractivity contribution in [1.82, 2.24) is 14.9 Å². The summed E-state index contributed by atoms with van der Waals surface area (Å²) in [6.45, 7) is 11.7. The fraction of sp³-hybridized carbons (Fsp3) is 0.393. The zero-order valence-corrected chi connectivity index (χ0v) is 24.1. The number of aryl methyl sites for hydroxylation is 1. The van der Waals surface area contributed by atoms with Crippen molar-refractivity contribution in [3.63, 3.8) is 0 Å². The van der Waals surface area contributed by atoms with Gasteiger partial charge in [0.05, 0.1) is 12.6 Å². The van der Waals surface area contributed by atoms with Crippen LogP contribution in [-0.4, -0.2) is 53.3 Å². The molecule has 3 aliphatic rings. The van der Waals surface area contributed by atoms with E-state index in [4.69, 9.17) is 14.5 Å². The summed E-state index contributed by atoms with van der Waals surface area (Å²) in [6.07, 6.45) is 1.36. The van der Waals surface area contributed by atoms with Crippen LogP contribution >= 0.6 is 24.8 Å². The van der Waals surface area contributed by atoms with Crippen LogP contribution in [0.1, 0.15) is 42.3 Å². The van der Waals surface area contributed by atoms with Gasteiger partial charge in [0, 0.05) is 43.5 Å². The van der Waals surface area contributed by atoms with Crippen molar-refractivity contribution in [3.8, 4) is 5.75 Å². The van der Waals surface area contributed by atoms with E-state index in [1.165, 1.54) is 43.3 Å². The molecule has 0 radical (unpaired) electrons. The number of rotatable bonds is 4. The fourth-order valence-electron chi connectivity index (χ4n) is 4.79. The van der Waals surface area contributed by atoms with Crippen molar-refractivity contribution >= 4 is 48.2 Å². The van der Waals surface area contributed by atoms with Gasteiger partial charge in [-0.2, -0.15) is 4.98 Å². The summed E-state index contributed by atoms with van der Waals surface area (Å²) in [7, 11) is 0. The van der Waals surface area contributed by atoms with E-state index in [0.29, 0.717) is 17.9 Å². The monoisotopic (exact) mass is 577 g/mol. The largest absolute Gasteiger partial charge is 0.427 e. The van der Waals surface area contributed by atoms with Crippen molar-refractivity contribution in [1.29, 1.82) is 0 Å². The van der Waals surface area contributed by atoms with Crippen molar-refractivity contribution < 1.29 is 18.7 Å². The molecule has 3 aromatic rings. The standard InChI is InChI=1S/C24H25FN4O2.C4H7NO.2ClH/c1-14-15(2)26-24(27-20-7-5-19(25)6-8-20)28-23(14)29-12-11-18-13-21(31-17(4)30)9-10-22(18)16(29)3;1-2-6-4-3-5(1)4;;/h5-10,13,16H,11-12H2,1-4H3,(H,26,27,28);4H,1-3H2;2*1H. The van der Waals surface area contributed by atoms with E-state index in [2.05, 4.69) is 27.0 Å². The first-order chi connectivity index (χ1) is 17.8. The van der Waals surface area contributed by atoms with Crippen LogP contribution in [0.25, 0.3) is 0 Å². The molecule has 210 valence electrons. The number of nitrogens with zero attached hydrogens (tertiary/aromatic N) is 4. The molecule has 0 bridgehead atoms. The van der Waals surface area contributed by atoms with Gasteiger partial charge in [0.25, 0.3) is 0 Å². The van der Waals surface area contributed by atoms with Gasteiger partial charge in [-0.25, -0.2) is 9.37 Å². The zero-order valence-electron chi connectivity index (χ0n) is 22.4. The number of esters is 1. The highest BCUT2D eigenvalue weighted by Gasteiger charge is 2.39. The predicted octanol–water partition coefficient (Wildman–Crippen LogP) is 5.53. The minimum Gasteiger partial charge on any atom is -0.427 e. The van der Waals surface area contributed by atoms with E-state index in [9.17, 15) is 9.18 Å². The van der Waals surface area contributed by atoms with Gasteiger partial charge in [-0.1, -0.05) is 6.07 Å². The number of ether oxygens (including phenoxy) is 2. The first-order valence-electron chi connectivity index (χ1n) is 12.6. The van der Waals surface area contributed by atoms with Crippen LogP contribution in [0.15, 0.2) is 42.5 Å². The second-order valence-electron chi connectivity index (χ2n) is 9.61. The Hall–Kier alpha value is -2.98. The van der Waals surface area contributed by atoms with Gasteiger partial charge in [0.1, 0.15) is 23.6 Å². The number of hydrogen-bond donors (Lipinski definition) is 1. The predicted molar refractivity (Wildman–Crippen MR) is 154 cm³/mol. The average molecular weight is 579 g/mol. The van der Waals surface area contributed by atoms with E-state index in [1.54, 1.807) is 12.1 Å². The van der Waals surface area contributed by atoms with E-state index in [-0.39, 0.29) is 42.6 Å². The molecule has 3 atom stereocenters. The maximum atomic E-state index is 13.2. The molecular weight excluding hydrogens is 544 g/mol. The molecule has 3 unspecified atom stereocenters. The van der Waals surface area contributed by atoms with Crippen molar-refractivity contribution in [2.75, 3.05) is 36.5 Å². The van der Waals surface area contributed by atoms with Crippen LogP contribution in [0.3, 0.4) is 0 Å². The van der Waals surface area contributed by atoms with E-state index >= 15 is 0 Å². The Morgan fingerprint density at radius 3 is 2.44 bits per heavy atom. The third-order valence-corrected chi connectivity index (χ3v) is 7.00. The lowest BCUT2D eigenvalue weighted by Crippen LogP contribution is -2.35. The summed E-state index contributed by atoms with van der Waals surface area (Å²) < 4.78 is 23.6. The van der Waals surface area contributed by atoms with Gasteiger partial charge >= 0.3 is 5.97 Å². The Labute approximate surface area is 240 Å². The number of fused-ring (bicyclic) bond motifs is 2. The van der Waals surface area contributed by atoms with E-state index in [0.717, 1.165) is 42.3 Å². The number of morpholine rings is 1. The SMILES string of the molecule is C1CN2CC2O1.CC(=O)Oc1ccc2c(c1)CCN(c1nc(Nc3ccc(F)cc3)nc(C)c1C)C2C.Cl.Cl. The van der Waals surface area contributed by atoms with Crippen molar-refractivity contribution in [2.45, 2.75) is 46.4 Å². The molecule has 2 aromatic carbocycles. The summed E-state index contributed by atoms with van der Waals surface area (Å²) >= 11 is 0. The lowest BCUT2D eigenvalue weighted by molar-refractivity contribution is -0.131. The molecule has 0 saturated carbocycles. The lowest BCUT2D eigenvalue weighted by Gasteiger charge is -2.37. The molecule has 1 aromatic heterocycles. The molecule has 0 aliphatic carbocycles. The van der Waals surface area contributed by atoms with E-state index in [1.807, 2.05) is 32.0 Å². The highest BCUT2D eigenvalue weighted by atomic mass is 35.5. The minimum atomic E-state index is -0.321. The quantitative estimate of drug-likeness (QED) is 0.246. The van der Waals surface area contributed by atoms with Crippen LogP contribution in [0, 0.1) is 19.7 Å². The number of carbonyl (C=O) groups excluding carboxylic acids is 1. The van der Waals surface area contributed by atoms with Gasteiger partial charge in [-0.05, 0) is 74.7 Å². The molecule has 0 amide bonds. The molecule has 6 rings (SSSR count). The fourth-order valence-corrected chi connectivity index (χ4v) is 4.79. The Morgan fingerprint density at radius 2 is 1.85 bits per heavy atom. The van der Waals surface area contributed by atoms with Gasteiger partial charge < -0.3 is 19.7 Å². The normalized spacial score (nSPS) is 20.2. The molecule has 0 spiro atoms. The second-order valence-corrected chi connectivity index (χ2v) is 9.61.